The Hall–Kier alpha value is -2.68. The second kappa shape index (κ2) is 7.98. The molecule has 2 amide bonds. The fourth-order valence-electron chi connectivity index (χ4n) is 4.01. The van der Waals surface area contributed by atoms with Crippen molar-refractivity contribution >= 4 is 33.6 Å². The zero-order chi connectivity index (χ0) is 19.6. The Morgan fingerprint density at radius 3 is 2.66 bits per heavy atom. The molecule has 2 aliphatic rings. The first-order chi connectivity index (χ1) is 14.3. The molecule has 1 aromatic carbocycles. The summed E-state index contributed by atoms with van der Waals surface area (Å²) in [6, 6.07) is 8.86. The minimum absolute atomic E-state index is 0.0530. The van der Waals surface area contributed by atoms with E-state index in [0.29, 0.717) is 44.1 Å². The molecule has 0 spiro atoms. The fraction of sp³-hybridized carbons (Fsp3) is 0.500. The van der Waals surface area contributed by atoms with Crippen molar-refractivity contribution in [3.8, 4) is 10.8 Å². The maximum atomic E-state index is 12.5. The van der Waals surface area contributed by atoms with Gasteiger partial charge in [0.05, 0.1) is 10.2 Å². The Morgan fingerprint density at radius 2 is 1.86 bits per heavy atom. The summed E-state index contributed by atoms with van der Waals surface area (Å²) < 4.78 is 6.59. The number of fused-ring (bicyclic) bond motifs is 1. The van der Waals surface area contributed by atoms with Crippen molar-refractivity contribution in [2.45, 2.75) is 38.1 Å². The van der Waals surface area contributed by atoms with Crippen LogP contribution in [0.4, 0.5) is 10.8 Å². The molecule has 0 bridgehead atoms. The molecule has 1 saturated heterocycles. The average molecular weight is 413 g/mol. The van der Waals surface area contributed by atoms with Gasteiger partial charge in [-0.3, -0.25) is 0 Å². The SMILES string of the molecule is O=C(NC1CCCCC1)N1CCN(c2nc(-c3nc4ccccc4s3)no2)CC1. The monoisotopic (exact) mass is 412 g/mol. The van der Waals surface area contributed by atoms with Crippen molar-refractivity contribution in [3.63, 3.8) is 0 Å². The molecule has 1 saturated carbocycles. The lowest BCUT2D eigenvalue weighted by Gasteiger charge is -2.35. The van der Waals surface area contributed by atoms with Crippen LogP contribution in [-0.2, 0) is 0 Å². The third-order valence-corrected chi connectivity index (χ3v) is 6.70. The number of hydrogen-bond acceptors (Lipinski definition) is 7. The summed E-state index contributed by atoms with van der Waals surface area (Å²) in [5, 5.41) is 8.06. The predicted molar refractivity (Wildman–Crippen MR) is 112 cm³/mol. The molecule has 0 unspecified atom stereocenters. The van der Waals surface area contributed by atoms with E-state index in [2.05, 4.69) is 20.4 Å². The smallest absolute Gasteiger partial charge is 0.324 e. The van der Waals surface area contributed by atoms with Crippen LogP contribution in [0.5, 0.6) is 0 Å². The fourth-order valence-corrected chi connectivity index (χ4v) is 4.90. The minimum atomic E-state index is 0.0530. The first-order valence-electron chi connectivity index (χ1n) is 10.3. The van der Waals surface area contributed by atoms with Gasteiger partial charge in [0.2, 0.25) is 5.82 Å². The second-order valence-electron chi connectivity index (χ2n) is 7.65. The molecule has 1 aliphatic heterocycles. The number of nitrogens with one attached hydrogen (secondary N) is 1. The molecule has 1 N–H and O–H groups in total. The van der Waals surface area contributed by atoms with Crippen molar-refractivity contribution in [2.24, 2.45) is 0 Å². The van der Waals surface area contributed by atoms with Crippen LogP contribution in [0.1, 0.15) is 32.1 Å². The first-order valence-corrected chi connectivity index (χ1v) is 11.1. The number of piperazine rings is 1. The van der Waals surface area contributed by atoms with Gasteiger partial charge in [-0.15, -0.1) is 11.3 Å². The Labute approximate surface area is 172 Å². The zero-order valence-electron chi connectivity index (χ0n) is 16.2. The molecule has 3 aromatic rings. The predicted octanol–water partition coefficient (Wildman–Crippen LogP) is 3.51. The Kier molecular flexibility index (Phi) is 5.05. The maximum absolute atomic E-state index is 12.5. The normalized spacial score (nSPS) is 18.3. The average Bonchev–Trinajstić information content (AvgIpc) is 3.42. The number of carbonyl (C=O) groups excluding carboxylic acids is 1. The summed E-state index contributed by atoms with van der Waals surface area (Å²) in [4.78, 5) is 25.6. The van der Waals surface area contributed by atoms with E-state index < -0.39 is 0 Å². The van der Waals surface area contributed by atoms with E-state index in [1.165, 1.54) is 19.3 Å². The van der Waals surface area contributed by atoms with Gasteiger partial charge in [-0.25, -0.2) is 9.78 Å². The van der Waals surface area contributed by atoms with Crippen LogP contribution < -0.4 is 10.2 Å². The molecule has 8 nitrogen and oxygen atoms in total. The number of anilines is 1. The highest BCUT2D eigenvalue weighted by Crippen LogP contribution is 2.29. The number of carbonyl (C=O) groups is 1. The molecule has 152 valence electrons. The van der Waals surface area contributed by atoms with E-state index in [1.54, 1.807) is 11.3 Å². The molecule has 9 heteroatoms. The van der Waals surface area contributed by atoms with Gasteiger partial charge in [0, 0.05) is 32.2 Å². The number of hydrogen-bond donors (Lipinski definition) is 1. The standard InChI is InChI=1S/C20H24N6O2S/c27-19(21-14-6-2-1-3-7-14)25-10-12-26(13-11-25)20-23-17(24-28-20)18-22-15-8-4-5-9-16(15)29-18/h4-5,8-9,14H,1-3,6-7,10-13H2,(H,21,27). The van der Waals surface area contributed by atoms with Gasteiger partial charge < -0.3 is 19.6 Å². The Balaban J connectivity index is 1.19. The topological polar surface area (TPSA) is 87.4 Å². The van der Waals surface area contributed by atoms with Gasteiger partial charge in [0.1, 0.15) is 0 Å². The molecule has 29 heavy (non-hydrogen) atoms. The lowest BCUT2D eigenvalue weighted by atomic mass is 9.96. The van der Waals surface area contributed by atoms with Crippen molar-refractivity contribution < 1.29 is 9.32 Å². The number of benzene rings is 1. The van der Waals surface area contributed by atoms with Crippen molar-refractivity contribution in [1.82, 2.24) is 25.3 Å². The summed E-state index contributed by atoms with van der Waals surface area (Å²) >= 11 is 1.56. The lowest BCUT2D eigenvalue weighted by Crippen LogP contribution is -2.53. The quantitative estimate of drug-likeness (QED) is 0.708. The molecule has 3 heterocycles. The Bertz CT molecular complexity index is 955. The van der Waals surface area contributed by atoms with Gasteiger partial charge in [-0.1, -0.05) is 36.6 Å². The highest BCUT2D eigenvalue weighted by atomic mass is 32.1. The van der Waals surface area contributed by atoms with E-state index in [0.717, 1.165) is 28.1 Å². The third kappa shape index (κ3) is 3.91. The second-order valence-corrected chi connectivity index (χ2v) is 8.68. The number of thiazole rings is 1. The number of urea groups is 1. The molecule has 1 aliphatic carbocycles. The molecular formula is C20H24N6O2S. The highest BCUT2D eigenvalue weighted by molar-refractivity contribution is 7.21. The van der Waals surface area contributed by atoms with Gasteiger partial charge in [-0.2, -0.15) is 4.98 Å². The maximum Gasteiger partial charge on any atom is 0.324 e. The van der Waals surface area contributed by atoms with Crippen LogP contribution in [0.15, 0.2) is 28.8 Å². The molecule has 5 rings (SSSR count). The van der Waals surface area contributed by atoms with Crippen LogP contribution in [0, 0.1) is 0 Å². The van der Waals surface area contributed by atoms with E-state index in [4.69, 9.17) is 4.52 Å². The van der Waals surface area contributed by atoms with Gasteiger partial charge in [0.25, 0.3) is 0 Å². The molecule has 2 aromatic heterocycles. The van der Waals surface area contributed by atoms with Crippen molar-refractivity contribution in [3.05, 3.63) is 24.3 Å². The zero-order valence-corrected chi connectivity index (χ0v) is 17.0. The van der Waals surface area contributed by atoms with Gasteiger partial charge in [-0.05, 0) is 25.0 Å². The molecular weight excluding hydrogens is 388 g/mol. The summed E-state index contributed by atoms with van der Waals surface area (Å²) in [5.74, 6) is 0.513. The first kappa shape index (κ1) is 18.4. The highest BCUT2D eigenvalue weighted by Gasteiger charge is 2.26. The van der Waals surface area contributed by atoms with Gasteiger partial charge >= 0.3 is 12.0 Å². The Morgan fingerprint density at radius 1 is 1.07 bits per heavy atom. The largest absolute Gasteiger partial charge is 0.335 e. The van der Waals surface area contributed by atoms with Crippen LogP contribution in [-0.4, -0.2) is 58.3 Å². The van der Waals surface area contributed by atoms with E-state index in [1.807, 2.05) is 34.1 Å². The third-order valence-electron chi connectivity index (χ3n) is 5.67. The number of aromatic nitrogens is 3. The van der Waals surface area contributed by atoms with Crippen molar-refractivity contribution in [1.29, 1.82) is 0 Å². The van der Waals surface area contributed by atoms with Crippen LogP contribution in [0.25, 0.3) is 21.0 Å². The van der Waals surface area contributed by atoms with Crippen molar-refractivity contribution in [2.75, 3.05) is 31.1 Å². The van der Waals surface area contributed by atoms with E-state index >= 15 is 0 Å². The summed E-state index contributed by atoms with van der Waals surface area (Å²) in [6.07, 6.45) is 5.92. The summed E-state index contributed by atoms with van der Waals surface area (Å²) in [7, 11) is 0. The number of para-hydroxylation sites is 1. The summed E-state index contributed by atoms with van der Waals surface area (Å²) in [6.45, 7) is 2.66. The summed E-state index contributed by atoms with van der Waals surface area (Å²) in [5.41, 5.74) is 0.941. The number of rotatable bonds is 3. The van der Waals surface area contributed by atoms with Crippen LogP contribution >= 0.6 is 11.3 Å². The molecule has 2 fully saturated rings. The lowest BCUT2D eigenvalue weighted by molar-refractivity contribution is 0.185. The van der Waals surface area contributed by atoms with E-state index in [9.17, 15) is 4.79 Å². The van der Waals surface area contributed by atoms with E-state index in [-0.39, 0.29) is 6.03 Å². The molecule has 0 atom stereocenters. The van der Waals surface area contributed by atoms with Gasteiger partial charge in [0.15, 0.2) is 5.01 Å². The number of amides is 2. The number of nitrogens with zero attached hydrogens (tertiary/aromatic N) is 5. The van der Waals surface area contributed by atoms with Crippen LogP contribution in [0.2, 0.25) is 0 Å². The van der Waals surface area contributed by atoms with Crippen LogP contribution in [0.3, 0.4) is 0 Å². The molecule has 0 radical (unpaired) electrons. The minimum Gasteiger partial charge on any atom is -0.335 e.